The Hall–Kier alpha value is -1.85. The van der Waals surface area contributed by atoms with Crippen molar-refractivity contribution in [3.8, 4) is 5.75 Å². The summed E-state index contributed by atoms with van der Waals surface area (Å²) in [5.74, 6) is 0.673. The van der Waals surface area contributed by atoms with Crippen molar-refractivity contribution in [2.24, 2.45) is 0 Å². The van der Waals surface area contributed by atoms with Crippen molar-refractivity contribution < 1.29 is 14.9 Å². The maximum absolute atomic E-state index is 9.16. The highest BCUT2D eigenvalue weighted by atomic mass is 16.5. The molecule has 0 aliphatic heterocycles. The number of hydrogen-bond donors (Lipinski definition) is 2. The van der Waals surface area contributed by atoms with E-state index in [1.54, 1.807) is 6.20 Å². The number of hydrogen-bond acceptors (Lipinski definition) is 4. The lowest BCUT2D eigenvalue weighted by Crippen LogP contribution is -2.21. The number of aliphatic hydroxyl groups is 2. The molecule has 1 aromatic carbocycles. The Morgan fingerprint density at radius 2 is 2.06 bits per heavy atom. The van der Waals surface area contributed by atoms with Crippen LogP contribution in [-0.2, 0) is 6.54 Å². The minimum atomic E-state index is -0.839. The predicted octanol–water partition coefficient (Wildman–Crippen LogP) is 0.663. The standard InChI is InChI=1S/C13H16N2O3/c16-9-12(17)10-18-13-4-2-11(3-5-13)8-15-7-1-6-14-15/h1-7,12,16-17H,8-10H2. The molecule has 0 bridgehead atoms. The summed E-state index contributed by atoms with van der Waals surface area (Å²) < 4.78 is 7.16. The predicted molar refractivity (Wildman–Crippen MR) is 66.4 cm³/mol. The molecule has 18 heavy (non-hydrogen) atoms. The van der Waals surface area contributed by atoms with Crippen LogP contribution in [0, 0.1) is 0 Å². The maximum atomic E-state index is 9.16. The average Bonchev–Trinajstić information content (AvgIpc) is 2.90. The van der Waals surface area contributed by atoms with Crippen molar-refractivity contribution in [3.05, 3.63) is 48.3 Å². The fourth-order valence-electron chi connectivity index (χ4n) is 1.52. The molecule has 2 aromatic rings. The van der Waals surface area contributed by atoms with E-state index in [-0.39, 0.29) is 13.2 Å². The van der Waals surface area contributed by atoms with Crippen LogP contribution in [0.5, 0.6) is 5.75 Å². The van der Waals surface area contributed by atoms with Crippen LogP contribution in [0.25, 0.3) is 0 Å². The number of rotatable bonds is 6. The second-order valence-electron chi connectivity index (χ2n) is 3.99. The summed E-state index contributed by atoms with van der Waals surface area (Å²) in [7, 11) is 0. The average molecular weight is 248 g/mol. The molecule has 0 saturated heterocycles. The summed E-state index contributed by atoms with van der Waals surface area (Å²) in [6.07, 6.45) is 2.81. The number of nitrogens with zero attached hydrogens (tertiary/aromatic N) is 2. The van der Waals surface area contributed by atoms with Gasteiger partial charge in [-0.3, -0.25) is 4.68 Å². The van der Waals surface area contributed by atoms with Crippen LogP contribution in [0.4, 0.5) is 0 Å². The summed E-state index contributed by atoms with van der Waals surface area (Å²) in [6.45, 7) is 0.513. The molecule has 0 aliphatic carbocycles. The molecule has 5 heteroatoms. The molecule has 96 valence electrons. The molecule has 0 amide bonds. The van der Waals surface area contributed by atoms with Crippen LogP contribution in [0.15, 0.2) is 42.7 Å². The Morgan fingerprint density at radius 3 is 2.67 bits per heavy atom. The van der Waals surface area contributed by atoms with Crippen LogP contribution < -0.4 is 4.74 Å². The zero-order chi connectivity index (χ0) is 12.8. The van der Waals surface area contributed by atoms with Crippen molar-refractivity contribution in [1.29, 1.82) is 0 Å². The molecule has 0 fully saturated rings. The maximum Gasteiger partial charge on any atom is 0.119 e. The van der Waals surface area contributed by atoms with Gasteiger partial charge in [0.2, 0.25) is 0 Å². The third-order valence-electron chi connectivity index (χ3n) is 2.48. The van der Waals surface area contributed by atoms with E-state index in [2.05, 4.69) is 5.10 Å². The zero-order valence-electron chi connectivity index (χ0n) is 9.94. The van der Waals surface area contributed by atoms with Crippen LogP contribution in [0.3, 0.4) is 0 Å². The third kappa shape index (κ3) is 3.58. The van der Waals surface area contributed by atoms with E-state index < -0.39 is 6.10 Å². The molecule has 2 N–H and O–H groups in total. The monoisotopic (exact) mass is 248 g/mol. The van der Waals surface area contributed by atoms with E-state index >= 15 is 0 Å². The van der Waals surface area contributed by atoms with Gasteiger partial charge in [-0.1, -0.05) is 12.1 Å². The van der Waals surface area contributed by atoms with E-state index in [1.807, 2.05) is 41.2 Å². The summed E-state index contributed by atoms with van der Waals surface area (Å²) in [6, 6.07) is 9.45. The summed E-state index contributed by atoms with van der Waals surface area (Å²) >= 11 is 0. The molecule has 0 spiro atoms. The van der Waals surface area contributed by atoms with Gasteiger partial charge in [-0.25, -0.2) is 0 Å². The lowest BCUT2D eigenvalue weighted by Gasteiger charge is -2.10. The molecule has 1 heterocycles. The quantitative estimate of drug-likeness (QED) is 0.788. The van der Waals surface area contributed by atoms with Crippen molar-refractivity contribution in [2.75, 3.05) is 13.2 Å². The Morgan fingerprint density at radius 1 is 1.28 bits per heavy atom. The molecule has 1 unspecified atom stereocenters. The van der Waals surface area contributed by atoms with Gasteiger partial charge in [0.15, 0.2) is 0 Å². The number of ether oxygens (including phenoxy) is 1. The van der Waals surface area contributed by atoms with Crippen LogP contribution in [-0.4, -0.2) is 39.3 Å². The minimum absolute atomic E-state index is 0.0923. The van der Waals surface area contributed by atoms with Gasteiger partial charge < -0.3 is 14.9 Å². The largest absolute Gasteiger partial charge is 0.491 e. The highest BCUT2D eigenvalue weighted by Gasteiger charge is 2.03. The molecular formula is C13H16N2O3. The summed E-state index contributed by atoms with van der Waals surface area (Å²) in [5, 5.41) is 21.9. The van der Waals surface area contributed by atoms with E-state index in [4.69, 9.17) is 14.9 Å². The van der Waals surface area contributed by atoms with Crippen molar-refractivity contribution in [3.63, 3.8) is 0 Å². The van der Waals surface area contributed by atoms with Gasteiger partial charge in [0.05, 0.1) is 13.2 Å². The third-order valence-corrected chi connectivity index (χ3v) is 2.48. The van der Waals surface area contributed by atoms with Gasteiger partial charge in [0.1, 0.15) is 18.5 Å². The fourth-order valence-corrected chi connectivity index (χ4v) is 1.52. The molecule has 0 saturated carbocycles. The molecular weight excluding hydrogens is 232 g/mol. The van der Waals surface area contributed by atoms with Crippen LogP contribution in [0.1, 0.15) is 5.56 Å². The Balaban J connectivity index is 1.89. The molecule has 1 atom stereocenters. The molecule has 0 aliphatic rings. The first kappa shape index (κ1) is 12.6. The lowest BCUT2D eigenvalue weighted by molar-refractivity contribution is 0.0536. The smallest absolute Gasteiger partial charge is 0.119 e. The van der Waals surface area contributed by atoms with Gasteiger partial charge in [0, 0.05) is 12.4 Å². The fraction of sp³-hybridized carbons (Fsp3) is 0.308. The first-order valence-electron chi connectivity index (χ1n) is 5.76. The lowest BCUT2D eigenvalue weighted by atomic mass is 10.2. The highest BCUT2D eigenvalue weighted by molar-refractivity contribution is 5.27. The second kappa shape index (κ2) is 6.18. The first-order chi connectivity index (χ1) is 8.78. The molecule has 1 aromatic heterocycles. The number of benzene rings is 1. The summed E-state index contributed by atoms with van der Waals surface area (Å²) in [4.78, 5) is 0. The van der Waals surface area contributed by atoms with Gasteiger partial charge in [-0.05, 0) is 23.8 Å². The normalized spacial score (nSPS) is 12.3. The van der Waals surface area contributed by atoms with E-state index in [0.29, 0.717) is 12.3 Å². The second-order valence-corrected chi connectivity index (χ2v) is 3.99. The Labute approximate surface area is 105 Å². The summed E-state index contributed by atoms with van der Waals surface area (Å²) in [5.41, 5.74) is 1.12. The van der Waals surface area contributed by atoms with Crippen LogP contribution in [0.2, 0.25) is 0 Å². The van der Waals surface area contributed by atoms with E-state index in [1.165, 1.54) is 0 Å². The van der Waals surface area contributed by atoms with Gasteiger partial charge in [-0.2, -0.15) is 5.10 Å². The van der Waals surface area contributed by atoms with E-state index in [9.17, 15) is 0 Å². The highest BCUT2D eigenvalue weighted by Crippen LogP contribution is 2.13. The first-order valence-corrected chi connectivity index (χ1v) is 5.76. The molecule has 0 radical (unpaired) electrons. The topological polar surface area (TPSA) is 67.5 Å². The Kier molecular flexibility index (Phi) is 4.33. The molecule has 2 rings (SSSR count). The van der Waals surface area contributed by atoms with E-state index in [0.717, 1.165) is 5.56 Å². The van der Waals surface area contributed by atoms with Gasteiger partial charge in [0.25, 0.3) is 0 Å². The van der Waals surface area contributed by atoms with Gasteiger partial charge >= 0.3 is 0 Å². The van der Waals surface area contributed by atoms with Gasteiger partial charge in [-0.15, -0.1) is 0 Å². The van der Waals surface area contributed by atoms with Crippen molar-refractivity contribution in [1.82, 2.24) is 9.78 Å². The molecule has 5 nitrogen and oxygen atoms in total. The van der Waals surface area contributed by atoms with Crippen molar-refractivity contribution >= 4 is 0 Å². The van der Waals surface area contributed by atoms with Crippen molar-refractivity contribution in [2.45, 2.75) is 12.6 Å². The van der Waals surface area contributed by atoms with Crippen LogP contribution >= 0.6 is 0 Å². The minimum Gasteiger partial charge on any atom is -0.491 e. The number of aliphatic hydroxyl groups excluding tert-OH is 2. The SMILES string of the molecule is OCC(O)COc1ccc(Cn2cccn2)cc1. The zero-order valence-corrected chi connectivity index (χ0v) is 9.94. The number of aromatic nitrogens is 2. The Bertz CT molecular complexity index is 454.